The number of hydrogen-bond acceptors (Lipinski definition) is 4. The first-order chi connectivity index (χ1) is 10.3. The van der Waals surface area contributed by atoms with Crippen molar-refractivity contribution in [2.75, 3.05) is 6.54 Å². The maximum absolute atomic E-state index is 12.3. The van der Waals surface area contributed by atoms with Crippen LogP contribution in [0.3, 0.4) is 0 Å². The summed E-state index contributed by atoms with van der Waals surface area (Å²) in [6.07, 6.45) is 4.98. The van der Waals surface area contributed by atoms with Gasteiger partial charge in [-0.25, -0.2) is 4.98 Å². The van der Waals surface area contributed by atoms with Gasteiger partial charge < -0.3 is 4.98 Å². The topological polar surface area (TPSA) is 61.9 Å². The summed E-state index contributed by atoms with van der Waals surface area (Å²) in [6.45, 7) is 2.38. The molecule has 2 aromatic rings. The van der Waals surface area contributed by atoms with Gasteiger partial charge in [-0.3, -0.25) is 14.7 Å². The normalized spacial score (nSPS) is 18.5. The van der Waals surface area contributed by atoms with E-state index >= 15 is 0 Å². The molecule has 1 fully saturated rings. The van der Waals surface area contributed by atoms with Crippen LogP contribution in [0.15, 0.2) is 29.2 Å². The molecule has 4 rings (SSSR count). The molecule has 5 nitrogen and oxygen atoms in total. The lowest BCUT2D eigenvalue weighted by molar-refractivity contribution is 0.238. The third-order valence-corrected chi connectivity index (χ3v) is 4.24. The zero-order chi connectivity index (χ0) is 14.2. The summed E-state index contributed by atoms with van der Waals surface area (Å²) in [5, 5.41) is 0. The number of hydrogen-bond donors (Lipinski definition) is 1. The van der Waals surface area contributed by atoms with Crippen LogP contribution in [0.4, 0.5) is 0 Å². The lowest BCUT2D eigenvalue weighted by atomic mass is 10.1. The molecule has 0 atom stereocenters. The Bertz CT molecular complexity index is 706. The van der Waals surface area contributed by atoms with Crippen molar-refractivity contribution in [3.63, 3.8) is 0 Å². The van der Waals surface area contributed by atoms with Gasteiger partial charge in [0.25, 0.3) is 5.56 Å². The maximum atomic E-state index is 12.3. The fraction of sp³-hybridized carbons (Fsp3) is 0.438. The molecule has 0 bridgehead atoms. The summed E-state index contributed by atoms with van der Waals surface area (Å²) < 4.78 is 0. The first kappa shape index (κ1) is 12.7. The minimum Gasteiger partial charge on any atom is -0.310 e. The standard InChI is InChI=1S/C16H18N4O/c21-16-13-10-20(9-12-3-1-2-7-17-12)8-6-14(13)18-15(19-16)11-4-5-11/h1-3,7,11H,4-6,8-10H2,(H,18,19,21). The van der Waals surface area contributed by atoms with Crippen molar-refractivity contribution in [1.82, 2.24) is 19.9 Å². The van der Waals surface area contributed by atoms with E-state index in [1.807, 2.05) is 24.4 Å². The van der Waals surface area contributed by atoms with E-state index in [1.54, 1.807) is 0 Å². The van der Waals surface area contributed by atoms with Gasteiger partial charge in [0.05, 0.1) is 17.0 Å². The number of nitrogens with zero attached hydrogens (tertiary/aromatic N) is 3. The molecule has 5 heteroatoms. The predicted molar refractivity (Wildman–Crippen MR) is 78.9 cm³/mol. The van der Waals surface area contributed by atoms with Gasteiger partial charge in [0.1, 0.15) is 5.82 Å². The van der Waals surface area contributed by atoms with Gasteiger partial charge in [-0.15, -0.1) is 0 Å². The Morgan fingerprint density at radius 1 is 1.33 bits per heavy atom. The summed E-state index contributed by atoms with van der Waals surface area (Å²) in [7, 11) is 0. The van der Waals surface area contributed by atoms with Crippen molar-refractivity contribution in [3.8, 4) is 0 Å². The summed E-state index contributed by atoms with van der Waals surface area (Å²) in [4.78, 5) is 26.5. The molecule has 0 aromatic carbocycles. The molecular weight excluding hydrogens is 264 g/mol. The first-order valence-corrected chi connectivity index (χ1v) is 7.54. The third-order valence-electron chi connectivity index (χ3n) is 4.24. The SMILES string of the molecule is O=c1[nH]c(C2CC2)nc2c1CN(Cc1ccccn1)CC2. The molecule has 1 N–H and O–H groups in total. The molecule has 21 heavy (non-hydrogen) atoms. The quantitative estimate of drug-likeness (QED) is 0.929. The molecule has 108 valence electrons. The van der Waals surface area contributed by atoms with Gasteiger partial charge in [0, 0.05) is 38.2 Å². The van der Waals surface area contributed by atoms with E-state index in [-0.39, 0.29) is 5.56 Å². The van der Waals surface area contributed by atoms with Crippen LogP contribution in [0.5, 0.6) is 0 Å². The Morgan fingerprint density at radius 3 is 3.00 bits per heavy atom. The Kier molecular flexibility index (Phi) is 3.07. The van der Waals surface area contributed by atoms with Crippen LogP contribution in [0.25, 0.3) is 0 Å². The number of aromatic nitrogens is 3. The Morgan fingerprint density at radius 2 is 2.24 bits per heavy atom. The zero-order valence-electron chi connectivity index (χ0n) is 11.9. The first-order valence-electron chi connectivity index (χ1n) is 7.54. The molecule has 1 aliphatic heterocycles. The minimum atomic E-state index is 0.0487. The van der Waals surface area contributed by atoms with Crippen LogP contribution in [0.1, 0.15) is 41.5 Å². The molecule has 0 amide bonds. The fourth-order valence-corrected chi connectivity index (χ4v) is 2.91. The van der Waals surface area contributed by atoms with E-state index in [0.717, 1.165) is 55.1 Å². The van der Waals surface area contributed by atoms with Crippen LogP contribution in [0, 0.1) is 0 Å². The van der Waals surface area contributed by atoms with Crippen LogP contribution < -0.4 is 5.56 Å². The number of fused-ring (bicyclic) bond motifs is 1. The van der Waals surface area contributed by atoms with E-state index in [0.29, 0.717) is 12.5 Å². The van der Waals surface area contributed by atoms with Crippen molar-refractivity contribution >= 4 is 0 Å². The van der Waals surface area contributed by atoms with Crippen molar-refractivity contribution in [1.29, 1.82) is 0 Å². The Balaban J connectivity index is 1.56. The van der Waals surface area contributed by atoms with Gasteiger partial charge in [-0.1, -0.05) is 6.07 Å². The van der Waals surface area contributed by atoms with Gasteiger partial charge >= 0.3 is 0 Å². The monoisotopic (exact) mass is 282 g/mol. The molecule has 1 aliphatic carbocycles. The lowest BCUT2D eigenvalue weighted by Crippen LogP contribution is -2.35. The molecule has 1 saturated carbocycles. The smallest absolute Gasteiger partial charge is 0.255 e. The summed E-state index contributed by atoms with van der Waals surface area (Å²) in [6, 6.07) is 5.94. The van der Waals surface area contributed by atoms with E-state index in [1.165, 1.54) is 0 Å². The van der Waals surface area contributed by atoms with Crippen molar-refractivity contribution in [2.45, 2.75) is 38.3 Å². The molecule has 2 aromatic heterocycles. The fourth-order valence-electron chi connectivity index (χ4n) is 2.91. The lowest BCUT2D eigenvalue weighted by Gasteiger charge is -2.27. The van der Waals surface area contributed by atoms with E-state index in [9.17, 15) is 4.79 Å². The van der Waals surface area contributed by atoms with Gasteiger partial charge in [0.2, 0.25) is 0 Å². The van der Waals surface area contributed by atoms with Gasteiger partial charge in [0.15, 0.2) is 0 Å². The van der Waals surface area contributed by atoms with Crippen LogP contribution in [-0.2, 0) is 19.5 Å². The second kappa shape index (κ2) is 5.07. The highest BCUT2D eigenvalue weighted by atomic mass is 16.1. The second-order valence-corrected chi connectivity index (χ2v) is 5.93. The van der Waals surface area contributed by atoms with Crippen molar-refractivity contribution in [3.05, 3.63) is 57.5 Å². The zero-order valence-corrected chi connectivity index (χ0v) is 11.9. The number of pyridine rings is 1. The summed E-state index contributed by atoms with van der Waals surface area (Å²) >= 11 is 0. The number of rotatable bonds is 3. The predicted octanol–water partition coefficient (Wildman–Crippen LogP) is 1.60. The largest absolute Gasteiger partial charge is 0.310 e. The number of H-pyrrole nitrogens is 1. The highest BCUT2D eigenvalue weighted by molar-refractivity contribution is 5.23. The van der Waals surface area contributed by atoms with Crippen LogP contribution >= 0.6 is 0 Å². The third kappa shape index (κ3) is 2.61. The van der Waals surface area contributed by atoms with E-state index in [4.69, 9.17) is 0 Å². The molecule has 0 radical (unpaired) electrons. The highest BCUT2D eigenvalue weighted by Crippen LogP contribution is 2.37. The number of nitrogens with one attached hydrogen (secondary N) is 1. The van der Waals surface area contributed by atoms with Crippen LogP contribution in [-0.4, -0.2) is 26.4 Å². The van der Waals surface area contributed by atoms with Gasteiger partial charge in [-0.2, -0.15) is 0 Å². The number of aromatic amines is 1. The Hall–Kier alpha value is -2.01. The van der Waals surface area contributed by atoms with E-state index < -0.39 is 0 Å². The summed E-state index contributed by atoms with van der Waals surface area (Å²) in [5.41, 5.74) is 2.92. The van der Waals surface area contributed by atoms with Crippen LogP contribution in [0.2, 0.25) is 0 Å². The minimum absolute atomic E-state index is 0.0487. The molecular formula is C16H18N4O. The van der Waals surface area contributed by atoms with Crippen molar-refractivity contribution < 1.29 is 0 Å². The van der Waals surface area contributed by atoms with Crippen molar-refractivity contribution in [2.24, 2.45) is 0 Å². The van der Waals surface area contributed by atoms with E-state index in [2.05, 4.69) is 19.9 Å². The second-order valence-electron chi connectivity index (χ2n) is 5.93. The average molecular weight is 282 g/mol. The maximum Gasteiger partial charge on any atom is 0.255 e. The summed E-state index contributed by atoms with van der Waals surface area (Å²) in [5.74, 6) is 1.39. The molecule has 0 saturated heterocycles. The average Bonchev–Trinajstić information content (AvgIpc) is 3.33. The van der Waals surface area contributed by atoms with Gasteiger partial charge in [-0.05, 0) is 25.0 Å². The molecule has 3 heterocycles. The molecule has 0 spiro atoms. The Labute approximate surface area is 123 Å². The molecule has 0 unspecified atom stereocenters. The molecule has 2 aliphatic rings. The highest BCUT2D eigenvalue weighted by Gasteiger charge is 2.29.